The van der Waals surface area contributed by atoms with Gasteiger partial charge in [0.25, 0.3) is 0 Å². The smallest absolute Gasteiger partial charge is 0.222 e. The van der Waals surface area contributed by atoms with Crippen molar-refractivity contribution in [3.05, 3.63) is 40.4 Å². The molecule has 2 N–H and O–H groups in total. The predicted molar refractivity (Wildman–Crippen MR) is 82.9 cm³/mol. The summed E-state index contributed by atoms with van der Waals surface area (Å²) < 4.78 is 21.5. The van der Waals surface area contributed by atoms with Crippen molar-refractivity contribution in [2.45, 2.75) is 0 Å². The van der Waals surface area contributed by atoms with Gasteiger partial charge >= 0.3 is 0 Å². The van der Waals surface area contributed by atoms with E-state index in [9.17, 15) is 9.18 Å². The summed E-state index contributed by atoms with van der Waals surface area (Å²) in [5, 5.41) is 0.567. The van der Waals surface area contributed by atoms with Gasteiger partial charge in [-0.15, -0.1) is 0 Å². The van der Waals surface area contributed by atoms with Crippen molar-refractivity contribution in [3.63, 3.8) is 0 Å². The number of methoxy groups -OCH3 is 1. The fourth-order valence-corrected chi connectivity index (χ4v) is 2.71. The fourth-order valence-electron chi connectivity index (χ4n) is 2.29. The van der Waals surface area contributed by atoms with E-state index in [1.807, 2.05) is 0 Å². The number of rotatable bonds is 3. The Morgan fingerprint density at radius 3 is 2.91 bits per heavy atom. The van der Waals surface area contributed by atoms with E-state index in [0.29, 0.717) is 28.5 Å². The minimum Gasteiger partial charge on any atom is -0.496 e. The summed E-state index contributed by atoms with van der Waals surface area (Å²) in [6.45, 7) is 0. The lowest BCUT2D eigenvalue weighted by Crippen LogP contribution is -2.04. The number of nitrogen functional groups attached to an aromatic ring is 1. The molecule has 0 unspecified atom stereocenters. The number of nitrogens with zero attached hydrogens (tertiary/aromatic N) is 3. The summed E-state index contributed by atoms with van der Waals surface area (Å²) in [6, 6.07) is 3.47. The molecule has 6 nitrogen and oxygen atoms in total. The topological polar surface area (TPSA) is 83.0 Å². The van der Waals surface area contributed by atoms with E-state index in [2.05, 4.69) is 25.9 Å². The molecule has 0 radical (unpaired) electrons. The molecule has 22 heavy (non-hydrogen) atoms. The number of anilines is 1. The zero-order valence-corrected chi connectivity index (χ0v) is 13.0. The van der Waals surface area contributed by atoms with Gasteiger partial charge in [-0.05, 0) is 12.1 Å². The molecule has 1 aromatic carbocycles. The maximum Gasteiger partial charge on any atom is 0.222 e. The highest BCUT2D eigenvalue weighted by atomic mass is 79.9. The van der Waals surface area contributed by atoms with Gasteiger partial charge in [0.05, 0.1) is 24.2 Å². The molecule has 0 aliphatic heterocycles. The lowest BCUT2D eigenvalue weighted by atomic mass is 10.1. The number of hydrogen-bond donors (Lipinski definition) is 1. The number of carbonyl (C=O) groups excluding carboxylic acids is 1. The summed E-state index contributed by atoms with van der Waals surface area (Å²) in [7, 11) is 1.50. The maximum absolute atomic E-state index is 14.0. The number of hydrogen-bond acceptors (Lipinski definition) is 5. The molecule has 3 rings (SSSR count). The van der Waals surface area contributed by atoms with E-state index in [1.54, 1.807) is 12.1 Å². The highest BCUT2D eigenvalue weighted by Crippen LogP contribution is 2.35. The Bertz CT molecular complexity index is 894. The molecule has 2 heterocycles. The quantitative estimate of drug-likeness (QED) is 0.722. The molecule has 0 spiro atoms. The van der Waals surface area contributed by atoms with Crippen LogP contribution < -0.4 is 10.5 Å². The fraction of sp³-hybridized carbons (Fsp3) is 0.0714. The number of aromatic nitrogens is 3. The second-order valence-corrected chi connectivity index (χ2v) is 5.39. The van der Waals surface area contributed by atoms with E-state index in [1.165, 1.54) is 17.9 Å². The predicted octanol–water partition coefficient (Wildman–Crippen LogP) is 2.73. The van der Waals surface area contributed by atoms with Crippen LogP contribution in [0, 0.1) is 5.82 Å². The average Bonchev–Trinajstić information content (AvgIpc) is 2.87. The van der Waals surface area contributed by atoms with Gasteiger partial charge in [0.15, 0.2) is 17.9 Å². The molecule has 8 heteroatoms. The van der Waals surface area contributed by atoms with Crippen LogP contribution in [0.3, 0.4) is 0 Å². The van der Waals surface area contributed by atoms with Crippen LogP contribution >= 0.6 is 15.9 Å². The largest absolute Gasteiger partial charge is 0.496 e. The number of halogens is 2. The van der Waals surface area contributed by atoms with Crippen LogP contribution in [0.4, 0.5) is 10.3 Å². The van der Waals surface area contributed by atoms with Crippen molar-refractivity contribution in [1.29, 1.82) is 0 Å². The molecule has 112 valence electrons. The first-order valence-corrected chi connectivity index (χ1v) is 6.96. The third-order valence-corrected chi connectivity index (χ3v) is 3.64. The normalized spacial score (nSPS) is 10.9. The Morgan fingerprint density at radius 1 is 1.45 bits per heavy atom. The Morgan fingerprint density at radius 2 is 2.23 bits per heavy atom. The van der Waals surface area contributed by atoms with E-state index in [0.717, 1.165) is 10.7 Å². The van der Waals surface area contributed by atoms with Crippen molar-refractivity contribution < 1.29 is 13.9 Å². The first-order valence-electron chi connectivity index (χ1n) is 6.17. The van der Waals surface area contributed by atoms with Gasteiger partial charge < -0.3 is 10.5 Å². The summed E-state index contributed by atoms with van der Waals surface area (Å²) in [5.41, 5.74) is 6.45. The molecule has 0 saturated heterocycles. The van der Waals surface area contributed by atoms with E-state index >= 15 is 0 Å². The monoisotopic (exact) mass is 364 g/mol. The van der Waals surface area contributed by atoms with Gasteiger partial charge in [0.1, 0.15) is 5.75 Å². The first-order chi connectivity index (χ1) is 10.5. The van der Waals surface area contributed by atoms with Gasteiger partial charge in [-0.25, -0.2) is 9.37 Å². The summed E-state index contributed by atoms with van der Waals surface area (Å²) in [4.78, 5) is 18.8. The van der Waals surface area contributed by atoms with Gasteiger partial charge in [0.2, 0.25) is 5.95 Å². The first kappa shape index (κ1) is 14.5. The number of fused-ring (bicyclic) bond motifs is 1. The molecule has 0 fully saturated rings. The van der Waals surface area contributed by atoms with E-state index < -0.39 is 5.82 Å². The SMILES string of the molecule is COc1cc(Br)cc2c1c(C=O)cn2-c1nc(N)ncc1F. The molecule has 0 aliphatic rings. The second kappa shape index (κ2) is 5.38. The molecule has 3 aromatic rings. The van der Waals surface area contributed by atoms with Crippen LogP contribution in [0.5, 0.6) is 5.75 Å². The highest BCUT2D eigenvalue weighted by molar-refractivity contribution is 9.10. The lowest BCUT2D eigenvalue weighted by molar-refractivity contribution is 0.112. The van der Waals surface area contributed by atoms with Crippen molar-refractivity contribution in [2.24, 2.45) is 0 Å². The minimum atomic E-state index is -0.650. The third-order valence-electron chi connectivity index (χ3n) is 3.18. The average molecular weight is 365 g/mol. The van der Waals surface area contributed by atoms with Crippen molar-refractivity contribution in [1.82, 2.24) is 14.5 Å². The summed E-state index contributed by atoms with van der Waals surface area (Å²) >= 11 is 3.36. The molecule has 2 aromatic heterocycles. The molecule has 0 saturated carbocycles. The van der Waals surface area contributed by atoms with Crippen LogP contribution in [0.1, 0.15) is 10.4 Å². The maximum atomic E-state index is 14.0. The Labute approximate surface area is 132 Å². The number of aldehydes is 1. The van der Waals surface area contributed by atoms with Crippen LogP contribution in [-0.2, 0) is 0 Å². The molecule has 0 bridgehead atoms. The number of carbonyl (C=O) groups is 1. The molecule has 0 aliphatic carbocycles. The third kappa shape index (κ3) is 2.21. The van der Waals surface area contributed by atoms with Gasteiger partial charge in [-0.3, -0.25) is 9.36 Å². The molecular formula is C14H10BrFN4O2. The highest BCUT2D eigenvalue weighted by Gasteiger charge is 2.18. The number of nitrogens with two attached hydrogens (primary N) is 1. The Kier molecular flexibility index (Phi) is 3.53. The minimum absolute atomic E-state index is 0.0363. The zero-order chi connectivity index (χ0) is 15.9. The molecule has 0 amide bonds. The zero-order valence-electron chi connectivity index (χ0n) is 11.4. The summed E-state index contributed by atoms with van der Waals surface area (Å²) in [5.74, 6) is -0.256. The second-order valence-electron chi connectivity index (χ2n) is 4.47. The van der Waals surface area contributed by atoms with Crippen LogP contribution in [-0.4, -0.2) is 27.9 Å². The van der Waals surface area contributed by atoms with Gasteiger partial charge in [-0.2, -0.15) is 4.98 Å². The molecular weight excluding hydrogens is 355 g/mol. The Balaban J connectivity index is 2.42. The lowest BCUT2D eigenvalue weighted by Gasteiger charge is -2.08. The standard InChI is InChI=1S/C14H10BrFN4O2/c1-22-11-3-8(15)2-10-12(11)7(6-21)5-20(10)13-9(16)4-18-14(17)19-13/h2-6H,1H3,(H2,17,18,19). The molecule has 0 atom stereocenters. The van der Waals surface area contributed by atoms with Crippen LogP contribution in [0.15, 0.2) is 29.0 Å². The van der Waals surface area contributed by atoms with Crippen molar-refractivity contribution >= 4 is 39.1 Å². The van der Waals surface area contributed by atoms with Gasteiger partial charge in [-0.1, -0.05) is 15.9 Å². The summed E-state index contributed by atoms with van der Waals surface area (Å²) in [6.07, 6.45) is 3.15. The number of ether oxygens (including phenoxy) is 1. The van der Waals surface area contributed by atoms with E-state index in [-0.39, 0.29) is 11.8 Å². The Hall–Kier alpha value is -2.48. The van der Waals surface area contributed by atoms with Crippen LogP contribution in [0.25, 0.3) is 16.7 Å². The number of benzene rings is 1. The van der Waals surface area contributed by atoms with Crippen molar-refractivity contribution in [3.8, 4) is 11.6 Å². The van der Waals surface area contributed by atoms with Crippen LogP contribution in [0.2, 0.25) is 0 Å². The van der Waals surface area contributed by atoms with Gasteiger partial charge in [0, 0.05) is 16.2 Å². The van der Waals surface area contributed by atoms with E-state index in [4.69, 9.17) is 10.5 Å². The van der Waals surface area contributed by atoms with Crippen molar-refractivity contribution in [2.75, 3.05) is 12.8 Å².